The van der Waals surface area contributed by atoms with Gasteiger partial charge in [0.2, 0.25) is 0 Å². The van der Waals surface area contributed by atoms with Crippen molar-refractivity contribution in [2.24, 2.45) is 0 Å². The van der Waals surface area contributed by atoms with Crippen molar-refractivity contribution in [1.82, 2.24) is 20.1 Å². The average Bonchev–Trinajstić information content (AvgIpc) is 3.53. The lowest BCUT2D eigenvalue weighted by atomic mass is 10.1. The Morgan fingerprint density at radius 1 is 1.14 bits per heavy atom. The molecule has 0 bridgehead atoms. The van der Waals surface area contributed by atoms with Crippen LogP contribution in [0, 0.1) is 0 Å². The van der Waals surface area contributed by atoms with Crippen molar-refractivity contribution >= 4 is 5.91 Å². The van der Waals surface area contributed by atoms with E-state index < -0.39 is 0 Å². The van der Waals surface area contributed by atoms with Crippen LogP contribution in [-0.4, -0.2) is 41.4 Å². The number of carbonyl (C=O) groups excluding carboxylic acids is 1. The Kier molecular flexibility index (Phi) is 5.46. The Morgan fingerprint density at radius 2 is 1.83 bits per heavy atom. The molecule has 0 aliphatic heterocycles. The van der Waals surface area contributed by atoms with Crippen molar-refractivity contribution in [3.8, 4) is 22.8 Å². The summed E-state index contributed by atoms with van der Waals surface area (Å²) in [4.78, 5) is 16.8. The normalized spacial score (nSPS) is 13.2. The van der Waals surface area contributed by atoms with E-state index >= 15 is 0 Å². The number of nitrogens with zero attached hydrogens (tertiary/aromatic N) is 3. The van der Waals surface area contributed by atoms with Crippen LogP contribution in [0.2, 0.25) is 0 Å². The summed E-state index contributed by atoms with van der Waals surface area (Å²) in [6, 6.07) is 11.4. The largest absolute Gasteiger partial charge is 0.496 e. The van der Waals surface area contributed by atoms with Gasteiger partial charge in [0.25, 0.3) is 5.91 Å². The number of aromatic nitrogens is 3. The van der Waals surface area contributed by atoms with Crippen molar-refractivity contribution in [2.75, 3.05) is 20.8 Å². The summed E-state index contributed by atoms with van der Waals surface area (Å²) < 4.78 is 12.6. The van der Waals surface area contributed by atoms with Crippen LogP contribution in [0.4, 0.5) is 0 Å². The zero-order valence-corrected chi connectivity index (χ0v) is 16.6. The van der Waals surface area contributed by atoms with Gasteiger partial charge in [-0.15, -0.1) is 0 Å². The molecule has 1 saturated carbocycles. The fraction of sp³-hybridized carbons (Fsp3) is 0.318. The Labute approximate surface area is 169 Å². The molecule has 29 heavy (non-hydrogen) atoms. The Morgan fingerprint density at radius 3 is 2.45 bits per heavy atom. The van der Waals surface area contributed by atoms with Gasteiger partial charge in [-0.25, -0.2) is 0 Å². The number of ether oxygens (including phenoxy) is 2. The fourth-order valence-corrected chi connectivity index (χ4v) is 3.42. The lowest BCUT2D eigenvalue weighted by Gasteiger charge is -2.13. The third-order valence-corrected chi connectivity index (χ3v) is 5.05. The average molecular weight is 392 g/mol. The van der Waals surface area contributed by atoms with Gasteiger partial charge < -0.3 is 14.8 Å². The molecule has 1 N–H and O–H groups in total. The van der Waals surface area contributed by atoms with Crippen LogP contribution in [0.25, 0.3) is 11.3 Å². The van der Waals surface area contributed by atoms with Gasteiger partial charge in [-0.3, -0.25) is 14.5 Å². The maximum Gasteiger partial charge on any atom is 0.258 e. The van der Waals surface area contributed by atoms with Gasteiger partial charge in [0.1, 0.15) is 17.1 Å². The van der Waals surface area contributed by atoms with E-state index in [9.17, 15) is 4.79 Å². The highest BCUT2D eigenvalue weighted by atomic mass is 16.5. The van der Waals surface area contributed by atoms with Gasteiger partial charge >= 0.3 is 0 Å². The topological polar surface area (TPSA) is 78.3 Å². The van der Waals surface area contributed by atoms with Crippen LogP contribution in [-0.2, 0) is 6.54 Å². The summed E-state index contributed by atoms with van der Waals surface area (Å²) in [7, 11) is 3.08. The second-order valence-electron chi connectivity index (χ2n) is 6.98. The minimum Gasteiger partial charge on any atom is -0.496 e. The van der Waals surface area contributed by atoms with Gasteiger partial charge in [-0.05, 0) is 43.2 Å². The first kappa shape index (κ1) is 19.0. The molecular formula is C22H24N4O3. The van der Waals surface area contributed by atoms with Crippen molar-refractivity contribution in [3.05, 3.63) is 60.0 Å². The van der Waals surface area contributed by atoms with E-state index in [0.29, 0.717) is 36.1 Å². The molecule has 0 radical (unpaired) electrons. The van der Waals surface area contributed by atoms with Crippen molar-refractivity contribution in [2.45, 2.75) is 25.3 Å². The van der Waals surface area contributed by atoms with Crippen LogP contribution in [0.5, 0.6) is 11.5 Å². The summed E-state index contributed by atoms with van der Waals surface area (Å²) >= 11 is 0. The lowest BCUT2D eigenvalue weighted by Crippen LogP contribution is -2.28. The molecule has 0 saturated heterocycles. The number of carbonyl (C=O) groups is 1. The van der Waals surface area contributed by atoms with E-state index in [1.54, 1.807) is 30.6 Å². The minimum absolute atomic E-state index is 0.228. The predicted molar refractivity (Wildman–Crippen MR) is 109 cm³/mol. The zero-order chi connectivity index (χ0) is 20.2. The van der Waals surface area contributed by atoms with Gasteiger partial charge in [-0.1, -0.05) is 6.07 Å². The smallest absolute Gasteiger partial charge is 0.258 e. The molecule has 1 aliphatic rings. The second-order valence-corrected chi connectivity index (χ2v) is 6.98. The highest BCUT2D eigenvalue weighted by Gasteiger charge is 2.28. The summed E-state index contributed by atoms with van der Waals surface area (Å²) in [6.45, 7) is 1.05. The molecule has 4 rings (SSSR count). The van der Waals surface area contributed by atoms with E-state index in [1.807, 2.05) is 16.8 Å². The van der Waals surface area contributed by atoms with Crippen molar-refractivity contribution < 1.29 is 14.3 Å². The van der Waals surface area contributed by atoms with Gasteiger partial charge in [0, 0.05) is 36.1 Å². The van der Waals surface area contributed by atoms with E-state index in [4.69, 9.17) is 14.6 Å². The van der Waals surface area contributed by atoms with Crippen LogP contribution in [0.1, 0.15) is 34.8 Å². The summed E-state index contributed by atoms with van der Waals surface area (Å²) in [5.41, 5.74) is 3.61. The molecule has 1 aromatic carbocycles. The third kappa shape index (κ3) is 4.08. The fourth-order valence-electron chi connectivity index (χ4n) is 3.42. The van der Waals surface area contributed by atoms with E-state index in [2.05, 4.69) is 16.4 Å². The van der Waals surface area contributed by atoms with Crippen LogP contribution in [0.3, 0.4) is 0 Å². The van der Waals surface area contributed by atoms with Crippen LogP contribution < -0.4 is 14.8 Å². The molecule has 0 atom stereocenters. The molecular weight excluding hydrogens is 368 g/mol. The second kappa shape index (κ2) is 8.34. The molecule has 7 nitrogen and oxygen atoms in total. The van der Waals surface area contributed by atoms with Gasteiger partial charge in [0.15, 0.2) is 0 Å². The van der Waals surface area contributed by atoms with Gasteiger partial charge in [-0.2, -0.15) is 5.10 Å². The molecule has 7 heteroatoms. The number of nitrogens with one attached hydrogen (secondary N) is 1. The standard InChI is InChI=1S/C22H24N4O3/c1-28-19-4-3-5-20(29-2)21(19)22(27)24-12-13-26-18(16-6-7-16)14-17(25-26)15-8-10-23-11-9-15/h3-5,8-11,14,16H,6-7,12-13H2,1-2H3,(H,24,27). The minimum atomic E-state index is -0.228. The third-order valence-electron chi connectivity index (χ3n) is 5.05. The highest BCUT2D eigenvalue weighted by molar-refractivity contribution is 5.99. The first-order valence-corrected chi connectivity index (χ1v) is 9.68. The lowest BCUT2D eigenvalue weighted by molar-refractivity contribution is 0.0945. The Bertz CT molecular complexity index is 974. The SMILES string of the molecule is COc1cccc(OC)c1C(=O)NCCn1nc(-c2ccncc2)cc1C1CC1. The number of rotatable bonds is 8. The number of benzene rings is 1. The summed E-state index contributed by atoms with van der Waals surface area (Å²) in [5.74, 6) is 1.30. The van der Waals surface area contributed by atoms with Crippen LogP contribution in [0.15, 0.2) is 48.8 Å². The maximum absolute atomic E-state index is 12.7. The molecule has 1 amide bonds. The Hall–Kier alpha value is -3.35. The monoisotopic (exact) mass is 392 g/mol. The number of hydrogen-bond donors (Lipinski definition) is 1. The first-order valence-electron chi connectivity index (χ1n) is 9.68. The van der Waals surface area contributed by atoms with E-state index in [1.165, 1.54) is 32.8 Å². The molecule has 0 unspecified atom stereocenters. The zero-order valence-electron chi connectivity index (χ0n) is 16.6. The Balaban J connectivity index is 1.48. The predicted octanol–water partition coefficient (Wildman–Crippen LogP) is 3.27. The number of amides is 1. The first-order chi connectivity index (χ1) is 14.2. The molecule has 0 spiro atoms. The highest BCUT2D eigenvalue weighted by Crippen LogP contribution is 2.41. The maximum atomic E-state index is 12.7. The quantitative estimate of drug-likeness (QED) is 0.637. The number of hydrogen-bond acceptors (Lipinski definition) is 5. The summed E-state index contributed by atoms with van der Waals surface area (Å²) in [5, 5.41) is 7.73. The van der Waals surface area contributed by atoms with Crippen LogP contribution >= 0.6 is 0 Å². The van der Waals surface area contributed by atoms with E-state index in [0.717, 1.165) is 11.3 Å². The molecule has 3 aromatic rings. The molecule has 1 fully saturated rings. The molecule has 1 aliphatic carbocycles. The van der Waals surface area contributed by atoms with Gasteiger partial charge in [0.05, 0.1) is 26.5 Å². The number of methoxy groups -OCH3 is 2. The van der Waals surface area contributed by atoms with Crippen molar-refractivity contribution in [3.63, 3.8) is 0 Å². The number of pyridine rings is 1. The molecule has 2 aromatic heterocycles. The van der Waals surface area contributed by atoms with E-state index in [-0.39, 0.29) is 5.91 Å². The molecule has 150 valence electrons. The molecule has 2 heterocycles. The van der Waals surface area contributed by atoms with Crippen molar-refractivity contribution in [1.29, 1.82) is 0 Å². The summed E-state index contributed by atoms with van der Waals surface area (Å²) in [6.07, 6.45) is 5.91.